The summed E-state index contributed by atoms with van der Waals surface area (Å²) in [7, 11) is -3.28. The SMILES string of the molecule is CS(=O)(=O)c1ccc2c(c1)CCCN2C(=O)c1cccc(Cl)c1Cl. The molecule has 0 N–H and O–H groups in total. The third kappa shape index (κ3) is 3.16. The van der Waals surface area contributed by atoms with Crippen LogP contribution in [-0.2, 0) is 16.3 Å². The molecular weight excluding hydrogens is 369 g/mol. The molecule has 0 aromatic heterocycles. The van der Waals surface area contributed by atoms with Crippen LogP contribution in [0.2, 0.25) is 10.0 Å². The number of rotatable bonds is 2. The first-order valence-electron chi connectivity index (χ1n) is 7.38. The Labute approximate surface area is 150 Å². The lowest BCUT2D eigenvalue weighted by Crippen LogP contribution is -2.35. The van der Waals surface area contributed by atoms with Crippen LogP contribution in [0.3, 0.4) is 0 Å². The molecule has 0 unspecified atom stereocenters. The van der Waals surface area contributed by atoms with Gasteiger partial charge >= 0.3 is 0 Å². The van der Waals surface area contributed by atoms with Crippen molar-refractivity contribution in [3.8, 4) is 0 Å². The third-order valence-corrected chi connectivity index (χ3v) is 5.95. The molecule has 2 aromatic rings. The lowest BCUT2D eigenvalue weighted by molar-refractivity contribution is 0.0985. The average Bonchev–Trinajstić information content (AvgIpc) is 2.55. The Bertz CT molecular complexity index is 925. The average molecular weight is 384 g/mol. The fourth-order valence-electron chi connectivity index (χ4n) is 2.83. The Kier molecular flexibility index (Phi) is 4.60. The highest BCUT2D eigenvalue weighted by atomic mass is 35.5. The zero-order valence-corrected chi connectivity index (χ0v) is 15.2. The molecular formula is C17H15Cl2NO3S. The molecule has 1 heterocycles. The van der Waals surface area contributed by atoms with Crippen molar-refractivity contribution in [3.63, 3.8) is 0 Å². The van der Waals surface area contributed by atoms with Crippen molar-refractivity contribution < 1.29 is 13.2 Å². The van der Waals surface area contributed by atoms with Gasteiger partial charge in [0, 0.05) is 18.5 Å². The summed E-state index contributed by atoms with van der Waals surface area (Å²) in [4.78, 5) is 14.8. The van der Waals surface area contributed by atoms with Crippen LogP contribution in [0.1, 0.15) is 22.3 Å². The van der Waals surface area contributed by atoms with Gasteiger partial charge in [0.05, 0.1) is 20.5 Å². The largest absolute Gasteiger partial charge is 0.308 e. The number of carbonyl (C=O) groups is 1. The summed E-state index contributed by atoms with van der Waals surface area (Å²) in [5.41, 5.74) is 1.90. The number of halogens is 2. The van der Waals surface area contributed by atoms with Gasteiger partial charge in [0.1, 0.15) is 0 Å². The molecule has 0 aliphatic carbocycles. The number of carbonyl (C=O) groups excluding carboxylic acids is 1. The van der Waals surface area contributed by atoms with E-state index in [0.717, 1.165) is 24.1 Å². The molecule has 7 heteroatoms. The van der Waals surface area contributed by atoms with Crippen LogP contribution in [0.25, 0.3) is 0 Å². The van der Waals surface area contributed by atoms with E-state index in [4.69, 9.17) is 23.2 Å². The highest BCUT2D eigenvalue weighted by molar-refractivity contribution is 7.90. The minimum Gasteiger partial charge on any atom is -0.308 e. The van der Waals surface area contributed by atoms with Crippen LogP contribution in [0.5, 0.6) is 0 Å². The maximum Gasteiger partial charge on any atom is 0.259 e. The molecule has 0 spiro atoms. The minimum atomic E-state index is -3.28. The summed E-state index contributed by atoms with van der Waals surface area (Å²) in [5, 5.41) is 0.552. The number of sulfone groups is 1. The summed E-state index contributed by atoms with van der Waals surface area (Å²) in [5.74, 6) is -0.240. The molecule has 3 rings (SSSR count). The van der Waals surface area contributed by atoms with Crippen LogP contribution in [0, 0.1) is 0 Å². The number of fused-ring (bicyclic) bond motifs is 1. The maximum absolute atomic E-state index is 12.9. The van der Waals surface area contributed by atoms with Gasteiger partial charge in [0.2, 0.25) is 0 Å². The first kappa shape index (κ1) is 17.3. The number of benzene rings is 2. The number of amides is 1. The first-order chi connectivity index (χ1) is 11.3. The molecule has 0 saturated carbocycles. The van der Waals surface area contributed by atoms with Crippen LogP contribution in [0.4, 0.5) is 5.69 Å². The van der Waals surface area contributed by atoms with Crippen LogP contribution in [-0.4, -0.2) is 27.1 Å². The molecule has 0 saturated heterocycles. The zero-order chi connectivity index (χ0) is 17.5. The molecule has 24 heavy (non-hydrogen) atoms. The molecule has 2 aromatic carbocycles. The van der Waals surface area contributed by atoms with Gasteiger partial charge in [-0.25, -0.2) is 8.42 Å². The Morgan fingerprint density at radius 3 is 2.62 bits per heavy atom. The van der Waals surface area contributed by atoms with Crippen molar-refractivity contribution in [1.29, 1.82) is 0 Å². The molecule has 1 aliphatic rings. The van der Waals surface area contributed by atoms with Crippen molar-refractivity contribution in [2.75, 3.05) is 17.7 Å². The van der Waals surface area contributed by atoms with Crippen molar-refractivity contribution >= 4 is 44.6 Å². The highest BCUT2D eigenvalue weighted by Crippen LogP contribution is 2.33. The molecule has 0 radical (unpaired) electrons. The van der Waals surface area contributed by atoms with Crippen molar-refractivity contribution in [1.82, 2.24) is 0 Å². The Hall–Kier alpha value is -1.56. The summed E-state index contributed by atoms with van der Waals surface area (Å²) >= 11 is 12.2. The van der Waals surface area contributed by atoms with Gasteiger partial charge in [-0.15, -0.1) is 0 Å². The lowest BCUT2D eigenvalue weighted by atomic mass is 10.0. The second-order valence-electron chi connectivity index (χ2n) is 5.72. The van der Waals surface area contributed by atoms with E-state index in [1.54, 1.807) is 35.2 Å². The second-order valence-corrected chi connectivity index (χ2v) is 8.53. The summed E-state index contributed by atoms with van der Waals surface area (Å²) < 4.78 is 23.5. The van der Waals surface area contributed by atoms with Gasteiger partial charge in [-0.3, -0.25) is 4.79 Å². The maximum atomic E-state index is 12.9. The van der Waals surface area contributed by atoms with Crippen LogP contribution < -0.4 is 4.90 Å². The van der Waals surface area contributed by atoms with Gasteiger partial charge in [0.25, 0.3) is 5.91 Å². The van der Waals surface area contributed by atoms with Crippen molar-refractivity contribution in [3.05, 3.63) is 57.6 Å². The van der Waals surface area contributed by atoms with Crippen molar-refractivity contribution in [2.45, 2.75) is 17.7 Å². The van der Waals surface area contributed by atoms with E-state index in [1.165, 1.54) is 12.3 Å². The van der Waals surface area contributed by atoms with Crippen LogP contribution >= 0.6 is 23.2 Å². The normalized spacial score (nSPS) is 14.4. The third-order valence-electron chi connectivity index (χ3n) is 4.02. The highest BCUT2D eigenvalue weighted by Gasteiger charge is 2.26. The fraction of sp³-hybridized carbons (Fsp3) is 0.235. The molecule has 0 atom stereocenters. The second kappa shape index (κ2) is 6.39. The molecule has 126 valence electrons. The van der Waals surface area contributed by atoms with E-state index in [-0.39, 0.29) is 15.8 Å². The number of hydrogen-bond donors (Lipinski definition) is 0. The van der Waals surface area contributed by atoms with Crippen LogP contribution in [0.15, 0.2) is 41.3 Å². The Balaban J connectivity index is 2.04. The molecule has 0 bridgehead atoms. The molecule has 4 nitrogen and oxygen atoms in total. The monoisotopic (exact) mass is 383 g/mol. The van der Waals surface area contributed by atoms with Gasteiger partial charge < -0.3 is 4.90 Å². The zero-order valence-electron chi connectivity index (χ0n) is 12.9. The number of aryl methyl sites for hydroxylation is 1. The van der Waals surface area contributed by atoms with E-state index >= 15 is 0 Å². The van der Waals surface area contributed by atoms with Gasteiger partial charge in [-0.1, -0.05) is 29.3 Å². The summed E-state index contributed by atoms with van der Waals surface area (Å²) in [6.45, 7) is 0.549. The number of nitrogens with zero attached hydrogens (tertiary/aromatic N) is 1. The quantitative estimate of drug-likeness (QED) is 0.787. The van der Waals surface area contributed by atoms with E-state index < -0.39 is 9.84 Å². The number of hydrogen-bond acceptors (Lipinski definition) is 3. The summed E-state index contributed by atoms with van der Waals surface area (Å²) in [6.07, 6.45) is 2.65. The van der Waals surface area contributed by atoms with E-state index in [0.29, 0.717) is 17.1 Å². The predicted octanol–water partition coefficient (Wildman–Crippen LogP) is 3.99. The minimum absolute atomic E-state index is 0.226. The van der Waals surface area contributed by atoms with E-state index in [2.05, 4.69) is 0 Å². The molecule has 1 aliphatic heterocycles. The number of anilines is 1. The van der Waals surface area contributed by atoms with Gasteiger partial charge in [-0.05, 0) is 48.7 Å². The first-order valence-corrected chi connectivity index (χ1v) is 10.0. The van der Waals surface area contributed by atoms with E-state index in [9.17, 15) is 13.2 Å². The molecule has 0 fully saturated rings. The lowest BCUT2D eigenvalue weighted by Gasteiger charge is -2.30. The fourth-order valence-corrected chi connectivity index (χ4v) is 3.88. The van der Waals surface area contributed by atoms with Gasteiger partial charge in [-0.2, -0.15) is 0 Å². The predicted molar refractivity (Wildman–Crippen MR) is 96.0 cm³/mol. The van der Waals surface area contributed by atoms with E-state index in [1.807, 2.05) is 0 Å². The standard InChI is InChI=1S/C17H15Cl2NO3S/c1-24(22,23)12-7-8-15-11(10-12)4-3-9-20(15)17(21)13-5-2-6-14(18)16(13)19/h2,5-8,10H,3-4,9H2,1H3. The molecule has 1 amide bonds. The smallest absolute Gasteiger partial charge is 0.259 e. The topological polar surface area (TPSA) is 54.5 Å². The Morgan fingerprint density at radius 2 is 1.92 bits per heavy atom. The van der Waals surface area contributed by atoms with Gasteiger partial charge in [0.15, 0.2) is 9.84 Å². The van der Waals surface area contributed by atoms with Crippen molar-refractivity contribution in [2.24, 2.45) is 0 Å². The Morgan fingerprint density at radius 1 is 1.17 bits per heavy atom. The summed E-state index contributed by atoms with van der Waals surface area (Å²) in [6, 6.07) is 9.79.